The van der Waals surface area contributed by atoms with E-state index in [1.807, 2.05) is 0 Å². The fourth-order valence-corrected chi connectivity index (χ4v) is 1.30. The van der Waals surface area contributed by atoms with E-state index in [1.165, 1.54) is 0 Å². The van der Waals surface area contributed by atoms with Gasteiger partial charge in [-0.15, -0.1) is 5.10 Å². The van der Waals surface area contributed by atoms with E-state index in [4.69, 9.17) is 5.73 Å². The van der Waals surface area contributed by atoms with Crippen LogP contribution in [0.15, 0.2) is 5.16 Å². The Hall–Kier alpha value is -0.550. The van der Waals surface area contributed by atoms with E-state index in [-0.39, 0.29) is 0 Å². The normalized spacial score (nSPS) is 11.0. The van der Waals surface area contributed by atoms with Crippen molar-refractivity contribution in [2.45, 2.75) is 24.9 Å². The molecule has 0 amide bonds. The highest BCUT2D eigenvalue weighted by molar-refractivity contribution is 7.99. The Labute approximate surface area is 76.3 Å². The van der Waals surface area contributed by atoms with Gasteiger partial charge >= 0.3 is 0 Å². The molecule has 3 N–H and O–H groups in total. The van der Waals surface area contributed by atoms with E-state index < -0.39 is 0 Å². The molecule has 0 aliphatic rings. The highest BCUT2D eigenvalue weighted by Gasteiger charge is 2.05. The van der Waals surface area contributed by atoms with Crippen molar-refractivity contribution in [1.82, 2.24) is 15.2 Å². The maximum absolute atomic E-state index is 5.36. The van der Waals surface area contributed by atoms with Gasteiger partial charge in [0, 0.05) is 18.2 Å². The van der Waals surface area contributed by atoms with Crippen LogP contribution < -0.4 is 5.73 Å². The minimum absolute atomic E-state index is 0.407. The molecule has 1 heterocycles. The third-order valence-electron chi connectivity index (χ3n) is 1.38. The summed E-state index contributed by atoms with van der Waals surface area (Å²) in [7, 11) is 0. The second-order valence-electron chi connectivity index (χ2n) is 2.80. The van der Waals surface area contributed by atoms with Crippen molar-refractivity contribution in [3.63, 3.8) is 0 Å². The van der Waals surface area contributed by atoms with Gasteiger partial charge in [0.05, 0.1) is 0 Å². The molecule has 1 rings (SSSR count). The van der Waals surface area contributed by atoms with E-state index >= 15 is 0 Å². The lowest BCUT2D eigenvalue weighted by molar-refractivity contribution is 0.780. The second kappa shape index (κ2) is 4.47. The van der Waals surface area contributed by atoms with Crippen LogP contribution in [0.25, 0.3) is 0 Å². The standard InChI is InChI=1S/C7H14N4S/c1-5(2)6-9-7(11-10-6)12-4-3-8/h5H,3-4,8H2,1-2H3,(H,9,10,11). The molecule has 12 heavy (non-hydrogen) atoms. The molecule has 0 saturated heterocycles. The summed E-state index contributed by atoms with van der Waals surface area (Å²) in [5.74, 6) is 2.22. The van der Waals surface area contributed by atoms with Crippen LogP contribution in [-0.2, 0) is 0 Å². The maximum Gasteiger partial charge on any atom is 0.208 e. The fourth-order valence-electron chi connectivity index (χ4n) is 0.731. The molecular formula is C7H14N4S. The summed E-state index contributed by atoms with van der Waals surface area (Å²) in [4.78, 5) is 4.29. The minimum atomic E-state index is 0.407. The summed E-state index contributed by atoms with van der Waals surface area (Å²) < 4.78 is 0. The van der Waals surface area contributed by atoms with Gasteiger partial charge in [0.1, 0.15) is 5.82 Å². The molecule has 0 saturated carbocycles. The van der Waals surface area contributed by atoms with Gasteiger partial charge < -0.3 is 5.73 Å². The number of nitrogens with zero attached hydrogens (tertiary/aromatic N) is 2. The Morgan fingerprint density at radius 2 is 2.33 bits per heavy atom. The second-order valence-corrected chi connectivity index (χ2v) is 3.86. The Morgan fingerprint density at radius 3 is 2.83 bits per heavy atom. The number of nitrogens with one attached hydrogen (secondary N) is 1. The minimum Gasteiger partial charge on any atom is -0.330 e. The number of H-pyrrole nitrogens is 1. The fraction of sp³-hybridized carbons (Fsp3) is 0.714. The molecular weight excluding hydrogens is 172 g/mol. The van der Waals surface area contributed by atoms with Crippen molar-refractivity contribution in [3.05, 3.63) is 5.82 Å². The van der Waals surface area contributed by atoms with Gasteiger partial charge in [-0.05, 0) is 0 Å². The molecule has 0 radical (unpaired) electrons. The maximum atomic E-state index is 5.36. The molecule has 0 atom stereocenters. The smallest absolute Gasteiger partial charge is 0.208 e. The summed E-state index contributed by atoms with van der Waals surface area (Å²) in [5, 5.41) is 7.73. The van der Waals surface area contributed by atoms with Gasteiger partial charge in [0.25, 0.3) is 0 Å². The van der Waals surface area contributed by atoms with Crippen LogP contribution >= 0.6 is 11.8 Å². The van der Waals surface area contributed by atoms with E-state index in [1.54, 1.807) is 11.8 Å². The molecule has 0 spiro atoms. The van der Waals surface area contributed by atoms with Crippen molar-refractivity contribution >= 4 is 11.8 Å². The summed E-state index contributed by atoms with van der Waals surface area (Å²) in [6.07, 6.45) is 0. The number of aromatic nitrogens is 3. The lowest BCUT2D eigenvalue weighted by Gasteiger charge is -1.94. The predicted octanol–water partition coefficient (Wildman–Crippen LogP) is 0.979. The van der Waals surface area contributed by atoms with Crippen molar-refractivity contribution in [2.75, 3.05) is 12.3 Å². The molecule has 0 unspecified atom stereocenters. The summed E-state index contributed by atoms with van der Waals surface area (Å²) >= 11 is 1.58. The third-order valence-corrected chi connectivity index (χ3v) is 2.26. The first kappa shape index (κ1) is 9.54. The van der Waals surface area contributed by atoms with Crippen molar-refractivity contribution in [3.8, 4) is 0 Å². The molecule has 1 aromatic rings. The Morgan fingerprint density at radius 1 is 1.58 bits per heavy atom. The van der Waals surface area contributed by atoms with Crippen LogP contribution in [0.3, 0.4) is 0 Å². The largest absolute Gasteiger partial charge is 0.330 e. The van der Waals surface area contributed by atoms with Gasteiger partial charge in [0.2, 0.25) is 5.16 Å². The van der Waals surface area contributed by atoms with Gasteiger partial charge in [-0.25, -0.2) is 4.98 Å². The molecule has 0 aliphatic heterocycles. The Bertz CT molecular complexity index is 233. The zero-order valence-corrected chi connectivity index (χ0v) is 8.19. The average Bonchev–Trinajstić information content (AvgIpc) is 2.48. The number of rotatable bonds is 4. The van der Waals surface area contributed by atoms with Crippen LogP contribution in [0, 0.1) is 0 Å². The van der Waals surface area contributed by atoms with Crippen LogP contribution in [0.1, 0.15) is 25.6 Å². The average molecular weight is 186 g/mol. The first-order valence-electron chi connectivity index (χ1n) is 3.99. The molecule has 0 bridgehead atoms. The summed E-state index contributed by atoms with van der Waals surface area (Å²) in [6.45, 7) is 4.83. The van der Waals surface area contributed by atoms with Crippen LogP contribution in [-0.4, -0.2) is 27.5 Å². The number of nitrogens with two attached hydrogens (primary N) is 1. The van der Waals surface area contributed by atoms with Crippen LogP contribution in [0.2, 0.25) is 0 Å². The zero-order valence-electron chi connectivity index (χ0n) is 7.37. The van der Waals surface area contributed by atoms with Gasteiger partial charge in [-0.1, -0.05) is 25.6 Å². The zero-order chi connectivity index (χ0) is 8.97. The van der Waals surface area contributed by atoms with E-state index in [0.717, 1.165) is 16.7 Å². The summed E-state index contributed by atoms with van der Waals surface area (Å²) in [6, 6.07) is 0. The SMILES string of the molecule is CC(C)c1nc(SCCN)n[nH]1. The lowest BCUT2D eigenvalue weighted by atomic mass is 10.2. The van der Waals surface area contributed by atoms with Gasteiger partial charge in [-0.2, -0.15) is 0 Å². The molecule has 0 fully saturated rings. The van der Waals surface area contributed by atoms with Gasteiger partial charge in [-0.3, -0.25) is 5.10 Å². The molecule has 0 aliphatic carbocycles. The topological polar surface area (TPSA) is 67.6 Å². The third kappa shape index (κ3) is 2.49. The molecule has 5 heteroatoms. The number of thioether (sulfide) groups is 1. The number of aromatic amines is 1. The van der Waals surface area contributed by atoms with Crippen LogP contribution in [0.4, 0.5) is 0 Å². The van der Waals surface area contributed by atoms with E-state index in [9.17, 15) is 0 Å². The van der Waals surface area contributed by atoms with Gasteiger partial charge in [0.15, 0.2) is 0 Å². The highest BCUT2D eigenvalue weighted by Crippen LogP contribution is 2.14. The quantitative estimate of drug-likeness (QED) is 0.688. The first-order chi connectivity index (χ1) is 5.74. The Kier molecular flexibility index (Phi) is 3.55. The molecule has 1 aromatic heterocycles. The Balaban J connectivity index is 2.52. The molecule has 0 aromatic carbocycles. The number of hydrogen-bond acceptors (Lipinski definition) is 4. The van der Waals surface area contributed by atoms with Crippen molar-refractivity contribution in [2.24, 2.45) is 5.73 Å². The van der Waals surface area contributed by atoms with E-state index in [2.05, 4.69) is 29.0 Å². The highest BCUT2D eigenvalue weighted by atomic mass is 32.2. The van der Waals surface area contributed by atoms with Crippen molar-refractivity contribution in [1.29, 1.82) is 0 Å². The van der Waals surface area contributed by atoms with Crippen molar-refractivity contribution < 1.29 is 0 Å². The molecule has 4 nitrogen and oxygen atoms in total. The van der Waals surface area contributed by atoms with E-state index in [0.29, 0.717) is 12.5 Å². The monoisotopic (exact) mass is 186 g/mol. The lowest BCUT2D eigenvalue weighted by Crippen LogP contribution is -2.01. The van der Waals surface area contributed by atoms with Crippen LogP contribution in [0.5, 0.6) is 0 Å². The predicted molar refractivity (Wildman–Crippen MR) is 50.3 cm³/mol. The summed E-state index contributed by atoms with van der Waals surface area (Å²) in [5.41, 5.74) is 5.36. The molecule has 68 valence electrons. The first-order valence-corrected chi connectivity index (χ1v) is 4.97. The number of hydrogen-bond donors (Lipinski definition) is 2.